The van der Waals surface area contributed by atoms with Crippen LogP contribution in [0, 0.1) is 29.5 Å². The number of allylic oxidation sites excluding steroid dienone is 2. The second kappa shape index (κ2) is 11.2. The molecular weight excluding hydrogens is 637 g/mol. The summed E-state index contributed by atoms with van der Waals surface area (Å²) in [6.07, 6.45) is 2.30. The largest absolute Gasteiger partial charge is 0.508 e. The topological polar surface area (TPSA) is 116 Å². The predicted molar refractivity (Wildman–Crippen MR) is 175 cm³/mol. The van der Waals surface area contributed by atoms with Crippen molar-refractivity contribution < 1.29 is 33.4 Å². The van der Waals surface area contributed by atoms with Gasteiger partial charge in [-0.15, -0.1) is 0 Å². The van der Waals surface area contributed by atoms with Crippen LogP contribution in [0.15, 0.2) is 78.4 Å². The van der Waals surface area contributed by atoms with Crippen molar-refractivity contribution >= 4 is 40.9 Å². The number of hydrazine groups is 1. The Morgan fingerprint density at radius 3 is 2.25 bits per heavy atom. The van der Waals surface area contributed by atoms with Crippen LogP contribution in [0.1, 0.15) is 50.7 Å². The Morgan fingerprint density at radius 1 is 0.938 bits per heavy atom. The van der Waals surface area contributed by atoms with Crippen molar-refractivity contribution in [1.29, 1.82) is 0 Å². The van der Waals surface area contributed by atoms with Crippen molar-refractivity contribution in [2.45, 2.75) is 50.5 Å². The molecule has 7 rings (SSSR count). The Labute approximate surface area is 282 Å². The van der Waals surface area contributed by atoms with Gasteiger partial charge in [0.05, 0.1) is 36.0 Å². The quantitative estimate of drug-likeness (QED) is 0.253. The van der Waals surface area contributed by atoms with Gasteiger partial charge in [0, 0.05) is 28.1 Å². The fourth-order valence-corrected chi connectivity index (χ4v) is 8.68. The molecule has 2 heterocycles. The SMILES string of the molecule is COc1ccc([C@H]2C3=CC[C@@H]4C(=O)N(C(C)(C)C)C(=O)[C@@H]4[C@@H]3C[C@H]3C(=O)N(Nc4ccc(F)cc4)C(=O)[C@@]23c2ccc(Cl)cc2)c(O)c1. The van der Waals surface area contributed by atoms with E-state index in [1.165, 1.54) is 42.3 Å². The van der Waals surface area contributed by atoms with Gasteiger partial charge in [-0.25, -0.2) is 4.39 Å². The molecule has 0 aromatic heterocycles. The number of carbonyl (C=O) groups excluding carboxylic acids is 4. The van der Waals surface area contributed by atoms with Gasteiger partial charge in [0.15, 0.2) is 0 Å². The van der Waals surface area contributed by atoms with Crippen LogP contribution in [0.25, 0.3) is 0 Å². The highest BCUT2D eigenvalue weighted by Crippen LogP contribution is 2.65. The highest BCUT2D eigenvalue weighted by molar-refractivity contribution is 6.30. The van der Waals surface area contributed by atoms with E-state index in [9.17, 15) is 23.9 Å². The predicted octanol–water partition coefficient (Wildman–Crippen LogP) is 5.98. The van der Waals surface area contributed by atoms with Crippen molar-refractivity contribution in [3.63, 3.8) is 0 Å². The first-order valence-corrected chi connectivity index (χ1v) is 16.3. The number of rotatable bonds is 5. The number of imide groups is 2. The van der Waals surface area contributed by atoms with Gasteiger partial charge < -0.3 is 9.84 Å². The summed E-state index contributed by atoms with van der Waals surface area (Å²) in [7, 11) is 1.47. The molecular formula is C37H35ClFN3O6. The van der Waals surface area contributed by atoms with E-state index in [2.05, 4.69) is 5.43 Å². The third-order valence-corrected chi connectivity index (χ3v) is 10.7. The monoisotopic (exact) mass is 671 g/mol. The minimum atomic E-state index is -1.59. The van der Waals surface area contributed by atoms with Crippen molar-refractivity contribution in [2.24, 2.45) is 23.7 Å². The normalized spacial score (nSPS) is 28.2. The van der Waals surface area contributed by atoms with Crippen LogP contribution in [-0.4, -0.2) is 51.3 Å². The number of aromatic hydroxyl groups is 1. The first-order chi connectivity index (χ1) is 22.8. The number of fused-ring (bicyclic) bond motifs is 4. The Morgan fingerprint density at radius 2 is 1.62 bits per heavy atom. The van der Waals surface area contributed by atoms with Crippen molar-refractivity contribution in [2.75, 3.05) is 12.5 Å². The maximum Gasteiger partial charge on any atom is 0.260 e. The summed E-state index contributed by atoms with van der Waals surface area (Å²) in [5, 5.41) is 13.0. The van der Waals surface area contributed by atoms with Crippen LogP contribution < -0.4 is 10.2 Å². The minimum absolute atomic E-state index is 0.103. The highest BCUT2D eigenvalue weighted by atomic mass is 35.5. The van der Waals surface area contributed by atoms with Gasteiger partial charge in [-0.3, -0.25) is 29.5 Å². The maximum atomic E-state index is 15.1. The lowest BCUT2D eigenvalue weighted by atomic mass is 9.49. The minimum Gasteiger partial charge on any atom is -0.508 e. The van der Waals surface area contributed by atoms with E-state index in [0.717, 1.165) is 5.01 Å². The average molecular weight is 672 g/mol. The molecule has 0 spiro atoms. The summed E-state index contributed by atoms with van der Waals surface area (Å²) < 4.78 is 19.2. The van der Waals surface area contributed by atoms with Crippen LogP contribution in [0.3, 0.4) is 0 Å². The molecule has 1 saturated carbocycles. The molecule has 248 valence electrons. The van der Waals surface area contributed by atoms with E-state index in [1.54, 1.807) is 36.4 Å². The van der Waals surface area contributed by atoms with Gasteiger partial charge in [-0.2, -0.15) is 5.01 Å². The Balaban J connectivity index is 1.47. The number of amides is 4. The van der Waals surface area contributed by atoms with Crippen LogP contribution in [0.4, 0.5) is 10.1 Å². The summed E-state index contributed by atoms with van der Waals surface area (Å²) >= 11 is 6.32. The molecule has 9 nitrogen and oxygen atoms in total. The molecule has 3 aromatic rings. The van der Waals surface area contributed by atoms with Crippen LogP contribution >= 0.6 is 11.6 Å². The molecule has 3 aromatic carbocycles. The van der Waals surface area contributed by atoms with Crippen molar-refractivity contribution in [1.82, 2.24) is 9.91 Å². The molecule has 6 atom stereocenters. The molecule has 4 amide bonds. The number of anilines is 1. The van der Waals surface area contributed by atoms with E-state index in [1.807, 2.05) is 26.8 Å². The Kier molecular flexibility index (Phi) is 7.43. The standard InChI is InChI=1S/C37H35ClFN3O6/c1-36(2,3)41-32(44)26-16-15-24-27(30(26)34(41)46)18-28-33(45)42(40-22-11-9-21(39)10-12-22)35(47)37(28,19-5-7-20(38)8-6-19)31(24)25-14-13-23(48-4)17-29(25)43/h5-15,17,26-28,30-31,40,43H,16,18H2,1-4H3/t26-,27+,28-,30-,31+,37+/m0/s1. The number of nitrogens with zero attached hydrogens (tertiary/aromatic N) is 2. The summed E-state index contributed by atoms with van der Waals surface area (Å²) in [6, 6.07) is 16.8. The van der Waals surface area contributed by atoms with Gasteiger partial charge in [0.1, 0.15) is 17.3 Å². The van der Waals surface area contributed by atoms with Gasteiger partial charge in [-0.05, 0) is 87.6 Å². The molecule has 11 heteroatoms. The third-order valence-electron chi connectivity index (χ3n) is 10.5. The number of benzene rings is 3. The molecule has 2 aliphatic carbocycles. The van der Waals surface area contributed by atoms with Crippen LogP contribution in [0.2, 0.25) is 5.02 Å². The molecule has 2 aliphatic heterocycles. The number of halogens is 2. The number of nitrogens with one attached hydrogen (secondary N) is 1. The fourth-order valence-electron chi connectivity index (χ4n) is 8.56. The smallest absolute Gasteiger partial charge is 0.260 e. The van der Waals surface area contributed by atoms with E-state index in [4.69, 9.17) is 16.3 Å². The van der Waals surface area contributed by atoms with Gasteiger partial charge >= 0.3 is 0 Å². The second-order valence-corrected chi connectivity index (χ2v) is 14.4. The van der Waals surface area contributed by atoms with Gasteiger partial charge in [0.25, 0.3) is 11.8 Å². The Hall–Kier alpha value is -4.70. The molecule has 4 aliphatic rings. The number of ether oxygens (including phenoxy) is 1. The van der Waals surface area contributed by atoms with Crippen molar-refractivity contribution in [3.05, 3.63) is 100 Å². The van der Waals surface area contributed by atoms with Crippen LogP contribution in [0.5, 0.6) is 11.5 Å². The lowest BCUT2D eigenvalue weighted by Crippen LogP contribution is -2.53. The molecule has 3 fully saturated rings. The highest BCUT2D eigenvalue weighted by Gasteiger charge is 2.71. The first-order valence-electron chi connectivity index (χ1n) is 15.9. The molecule has 0 unspecified atom stereocenters. The molecule has 2 N–H and O–H groups in total. The number of phenols is 1. The molecule has 0 bridgehead atoms. The number of hydrogen-bond acceptors (Lipinski definition) is 7. The summed E-state index contributed by atoms with van der Waals surface area (Å²) in [6.45, 7) is 5.45. The number of carbonyl (C=O) groups is 4. The van der Waals surface area contributed by atoms with Gasteiger partial charge in [-0.1, -0.05) is 41.4 Å². The van der Waals surface area contributed by atoms with Gasteiger partial charge in [0.2, 0.25) is 11.8 Å². The van der Waals surface area contributed by atoms with E-state index >= 15 is 4.79 Å². The number of methoxy groups -OCH3 is 1. The first kappa shape index (κ1) is 31.9. The number of hydrogen-bond donors (Lipinski definition) is 2. The average Bonchev–Trinajstić information content (AvgIpc) is 3.43. The van der Waals surface area contributed by atoms with E-state index in [0.29, 0.717) is 33.2 Å². The van der Waals surface area contributed by atoms with E-state index in [-0.39, 0.29) is 30.4 Å². The lowest BCUT2D eigenvalue weighted by molar-refractivity contribution is -0.146. The summed E-state index contributed by atoms with van der Waals surface area (Å²) in [5.74, 6) is -5.77. The lowest BCUT2D eigenvalue weighted by Gasteiger charge is -2.50. The summed E-state index contributed by atoms with van der Waals surface area (Å²) in [5.41, 5.74) is 2.48. The maximum absolute atomic E-state index is 15.1. The number of phenolic OH excluding ortho intramolecular Hbond substituents is 1. The zero-order valence-electron chi connectivity index (χ0n) is 26.9. The zero-order chi connectivity index (χ0) is 34.3. The van der Waals surface area contributed by atoms with E-state index < -0.39 is 58.2 Å². The number of likely N-dealkylation sites (tertiary alicyclic amines) is 1. The third kappa shape index (κ3) is 4.56. The zero-order valence-corrected chi connectivity index (χ0v) is 27.6. The Bertz CT molecular complexity index is 1890. The molecule has 48 heavy (non-hydrogen) atoms. The molecule has 2 saturated heterocycles. The van der Waals surface area contributed by atoms with Crippen LogP contribution in [-0.2, 0) is 24.6 Å². The molecule has 0 radical (unpaired) electrons. The summed E-state index contributed by atoms with van der Waals surface area (Å²) in [4.78, 5) is 59.0. The fraction of sp³-hybridized carbons (Fsp3) is 0.351. The second-order valence-electron chi connectivity index (χ2n) is 14.0. The van der Waals surface area contributed by atoms with Crippen molar-refractivity contribution in [3.8, 4) is 11.5 Å².